The number of aromatic nitrogens is 2. The third kappa shape index (κ3) is 4.70. The predicted octanol–water partition coefficient (Wildman–Crippen LogP) is 4.87. The van der Waals surface area contributed by atoms with Crippen molar-refractivity contribution in [3.8, 4) is 5.69 Å². The Morgan fingerprint density at radius 2 is 1.71 bits per heavy atom. The molecule has 0 aliphatic carbocycles. The predicted molar refractivity (Wildman–Crippen MR) is 138 cm³/mol. The zero-order valence-corrected chi connectivity index (χ0v) is 19.4. The summed E-state index contributed by atoms with van der Waals surface area (Å²) >= 11 is 5.73. The monoisotopic (exact) mass is 467 g/mol. The minimum atomic E-state index is -0.113. The smallest absolute Gasteiger partial charge is 0.226 e. The highest BCUT2D eigenvalue weighted by Crippen LogP contribution is 2.39. The van der Waals surface area contributed by atoms with Gasteiger partial charge in [-0.15, -0.1) is 0 Å². The Balaban J connectivity index is 1.40. The highest BCUT2D eigenvalue weighted by molar-refractivity contribution is 7.80. The summed E-state index contributed by atoms with van der Waals surface area (Å²) in [7, 11) is 0. The number of anilines is 1. The van der Waals surface area contributed by atoms with Gasteiger partial charge in [0.15, 0.2) is 5.11 Å². The molecule has 170 valence electrons. The first kappa shape index (κ1) is 21.9. The van der Waals surface area contributed by atoms with Crippen LogP contribution in [0.4, 0.5) is 5.69 Å². The number of hydrogen-bond acceptors (Lipinski definition) is 3. The second-order valence-corrected chi connectivity index (χ2v) is 8.56. The quantitative estimate of drug-likeness (QED) is 0.380. The zero-order valence-electron chi connectivity index (χ0n) is 18.5. The number of carbonyl (C=O) groups is 1. The van der Waals surface area contributed by atoms with Crippen LogP contribution < -0.4 is 10.6 Å². The molecule has 6 nitrogen and oxygen atoms in total. The van der Waals surface area contributed by atoms with Crippen LogP contribution in [0.1, 0.15) is 29.8 Å². The van der Waals surface area contributed by atoms with Gasteiger partial charge in [0.05, 0.1) is 17.8 Å². The van der Waals surface area contributed by atoms with Crippen molar-refractivity contribution in [2.75, 3.05) is 11.9 Å². The van der Waals surface area contributed by atoms with Gasteiger partial charge < -0.3 is 20.1 Å². The topological polar surface area (TPSA) is 62.2 Å². The number of thiocarbonyl (C=S) groups is 1. The van der Waals surface area contributed by atoms with E-state index < -0.39 is 0 Å². The van der Waals surface area contributed by atoms with Crippen LogP contribution in [0, 0.1) is 0 Å². The molecule has 0 spiro atoms. The van der Waals surface area contributed by atoms with Gasteiger partial charge in [-0.2, -0.15) is 0 Å². The summed E-state index contributed by atoms with van der Waals surface area (Å²) in [5.74, 6) is -0.0455. The summed E-state index contributed by atoms with van der Waals surface area (Å²) in [6.07, 6.45) is 6.30. The molecule has 34 heavy (non-hydrogen) atoms. The molecule has 2 unspecified atom stereocenters. The van der Waals surface area contributed by atoms with E-state index in [9.17, 15) is 4.79 Å². The summed E-state index contributed by atoms with van der Waals surface area (Å²) in [5, 5.41) is 7.03. The Kier molecular flexibility index (Phi) is 6.35. The van der Waals surface area contributed by atoms with Crippen molar-refractivity contribution >= 4 is 28.9 Å². The third-order valence-corrected chi connectivity index (χ3v) is 6.30. The average molecular weight is 468 g/mol. The molecule has 2 atom stereocenters. The second-order valence-electron chi connectivity index (χ2n) is 8.17. The normalized spacial score (nSPS) is 17.4. The van der Waals surface area contributed by atoms with E-state index in [4.69, 9.17) is 12.2 Å². The fraction of sp³-hybridized carbons (Fsp3) is 0.148. The Morgan fingerprint density at radius 1 is 0.971 bits per heavy atom. The van der Waals surface area contributed by atoms with Gasteiger partial charge in [0.2, 0.25) is 5.91 Å². The lowest BCUT2D eigenvalue weighted by molar-refractivity contribution is -0.116. The second kappa shape index (κ2) is 9.89. The Hall–Kier alpha value is -3.97. The van der Waals surface area contributed by atoms with Crippen molar-refractivity contribution < 1.29 is 4.79 Å². The van der Waals surface area contributed by atoms with Crippen molar-refractivity contribution in [3.05, 3.63) is 115 Å². The minimum Gasteiger partial charge on any atom is -0.352 e. The largest absolute Gasteiger partial charge is 0.352 e. The molecular weight excluding hydrogens is 442 g/mol. The first-order valence-electron chi connectivity index (χ1n) is 11.3. The highest BCUT2D eigenvalue weighted by atomic mass is 32.1. The van der Waals surface area contributed by atoms with E-state index in [0.717, 1.165) is 22.6 Å². The maximum absolute atomic E-state index is 12.6. The van der Waals surface area contributed by atoms with Gasteiger partial charge in [-0.3, -0.25) is 9.78 Å². The number of nitrogens with one attached hydrogen (secondary N) is 2. The number of para-hydroxylation sites is 2. The van der Waals surface area contributed by atoms with Crippen molar-refractivity contribution in [2.45, 2.75) is 18.5 Å². The molecule has 1 fully saturated rings. The van der Waals surface area contributed by atoms with E-state index in [2.05, 4.69) is 55.7 Å². The van der Waals surface area contributed by atoms with E-state index in [-0.39, 0.29) is 18.0 Å². The molecule has 0 saturated carbocycles. The molecule has 5 rings (SSSR count). The number of rotatable bonds is 7. The van der Waals surface area contributed by atoms with Crippen LogP contribution in [0.25, 0.3) is 5.69 Å². The van der Waals surface area contributed by atoms with E-state index in [0.29, 0.717) is 18.1 Å². The van der Waals surface area contributed by atoms with Gasteiger partial charge in [-0.1, -0.05) is 42.5 Å². The lowest BCUT2D eigenvalue weighted by Gasteiger charge is -2.27. The number of hydrogen-bond donors (Lipinski definition) is 2. The number of carbonyl (C=O) groups excluding carboxylic acids is 1. The number of benzene rings is 2. The molecule has 1 aliphatic rings. The van der Waals surface area contributed by atoms with Crippen LogP contribution >= 0.6 is 12.2 Å². The van der Waals surface area contributed by atoms with Gasteiger partial charge in [0.1, 0.15) is 0 Å². The molecule has 7 heteroatoms. The fourth-order valence-corrected chi connectivity index (χ4v) is 4.66. The molecule has 0 bridgehead atoms. The van der Waals surface area contributed by atoms with E-state index in [1.165, 1.54) is 0 Å². The summed E-state index contributed by atoms with van der Waals surface area (Å²) < 4.78 is 2.10. The fourth-order valence-electron chi connectivity index (χ4n) is 4.33. The Morgan fingerprint density at radius 3 is 2.44 bits per heavy atom. The number of nitrogens with zero attached hydrogens (tertiary/aromatic N) is 3. The van der Waals surface area contributed by atoms with Gasteiger partial charge in [-0.25, -0.2) is 0 Å². The average Bonchev–Trinajstić information content (AvgIpc) is 3.49. The first-order valence-corrected chi connectivity index (χ1v) is 11.7. The molecule has 2 aromatic carbocycles. The van der Waals surface area contributed by atoms with Crippen molar-refractivity contribution in [3.63, 3.8) is 0 Å². The zero-order chi connectivity index (χ0) is 23.3. The Bertz CT molecular complexity index is 1260. The van der Waals surface area contributed by atoms with Crippen molar-refractivity contribution in [2.24, 2.45) is 0 Å². The lowest BCUT2D eigenvalue weighted by Crippen LogP contribution is -2.32. The lowest BCUT2D eigenvalue weighted by atomic mass is 9.99. The maximum atomic E-state index is 12.6. The van der Waals surface area contributed by atoms with E-state index >= 15 is 0 Å². The molecule has 1 aliphatic heterocycles. The minimum absolute atomic E-state index is 0.0455. The molecule has 2 aromatic heterocycles. The van der Waals surface area contributed by atoms with Gasteiger partial charge in [0.25, 0.3) is 0 Å². The summed E-state index contributed by atoms with van der Waals surface area (Å²) in [6, 6.07) is 27.5. The molecule has 0 radical (unpaired) electrons. The van der Waals surface area contributed by atoms with Gasteiger partial charge in [0, 0.05) is 42.9 Å². The molecule has 3 heterocycles. The van der Waals surface area contributed by atoms with Crippen LogP contribution in [0.15, 0.2) is 104 Å². The van der Waals surface area contributed by atoms with Crippen LogP contribution in [0.3, 0.4) is 0 Å². The Labute approximate surface area is 204 Å². The standard InChI is InChI=1S/C27H25N5OS/c33-24(29-21-9-3-1-4-10-21)15-18-32-26(25(30-27(32)34)23-13-7-8-16-28-23)20-14-17-31(19-20)22-11-5-2-6-12-22/h1-14,16-17,19,25-26H,15,18H2,(H,29,33)(H,30,34). The van der Waals surface area contributed by atoms with Gasteiger partial charge >= 0.3 is 0 Å². The maximum Gasteiger partial charge on any atom is 0.226 e. The van der Waals surface area contributed by atoms with E-state index in [1.807, 2.05) is 66.7 Å². The molecule has 2 N–H and O–H groups in total. The molecule has 1 amide bonds. The van der Waals surface area contributed by atoms with Crippen molar-refractivity contribution in [1.82, 2.24) is 19.8 Å². The van der Waals surface area contributed by atoms with Crippen LogP contribution in [0.2, 0.25) is 0 Å². The number of pyridine rings is 1. The van der Waals surface area contributed by atoms with Gasteiger partial charge in [-0.05, 0) is 60.2 Å². The summed E-state index contributed by atoms with van der Waals surface area (Å²) in [6.45, 7) is 0.495. The van der Waals surface area contributed by atoms with Crippen molar-refractivity contribution in [1.29, 1.82) is 0 Å². The molecular formula is C27H25N5OS. The van der Waals surface area contributed by atoms with Crippen LogP contribution in [-0.2, 0) is 4.79 Å². The van der Waals surface area contributed by atoms with Crippen LogP contribution in [0.5, 0.6) is 0 Å². The SMILES string of the molecule is O=C(CCN1C(=S)NC(c2ccccn2)C1c1ccn(-c2ccccc2)c1)Nc1ccccc1. The summed E-state index contributed by atoms with van der Waals surface area (Å²) in [5.41, 5.74) is 3.90. The highest BCUT2D eigenvalue weighted by Gasteiger charge is 2.40. The third-order valence-electron chi connectivity index (χ3n) is 5.95. The molecule has 4 aromatic rings. The molecule has 1 saturated heterocycles. The van der Waals surface area contributed by atoms with Crippen LogP contribution in [-0.4, -0.2) is 32.0 Å². The van der Waals surface area contributed by atoms with E-state index in [1.54, 1.807) is 6.20 Å². The number of amides is 1. The summed E-state index contributed by atoms with van der Waals surface area (Å²) in [4.78, 5) is 19.3. The first-order chi connectivity index (χ1) is 16.7.